The first-order valence-corrected chi connectivity index (χ1v) is 10.7. The van der Waals surface area contributed by atoms with E-state index >= 15 is 0 Å². The minimum Gasteiger partial charge on any atom is -0.492 e. The molecule has 0 radical (unpaired) electrons. The van der Waals surface area contributed by atoms with Crippen LogP contribution in [0.15, 0.2) is 54.8 Å². The molecule has 172 valence electrons. The van der Waals surface area contributed by atoms with Crippen LogP contribution in [0.25, 0.3) is 5.70 Å². The highest BCUT2D eigenvalue weighted by Gasteiger charge is 2.40. The third-order valence-electron chi connectivity index (χ3n) is 5.32. The maximum atomic E-state index is 13.4. The first-order valence-electron chi connectivity index (χ1n) is 10.7. The van der Waals surface area contributed by atoms with E-state index in [0.717, 1.165) is 18.6 Å². The predicted molar refractivity (Wildman–Crippen MR) is 125 cm³/mol. The zero-order valence-electron chi connectivity index (χ0n) is 19.2. The summed E-state index contributed by atoms with van der Waals surface area (Å²) in [6, 6.07) is 11.6. The fraction of sp³-hybridized carbons (Fsp3) is 0.308. The minimum atomic E-state index is -0.772. The molecule has 0 spiro atoms. The molecule has 33 heavy (non-hydrogen) atoms. The van der Waals surface area contributed by atoms with Crippen LogP contribution in [0.4, 0.5) is 0 Å². The lowest BCUT2D eigenvalue weighted by atomic mass is 10.1. The Bertz CT molecular complexity index is 1080. The van der Waals surface area contributed by atoms with Crippen LogP contribution < -0.4 is 9.47 Å². The molecule has 1 unspecified atom stereocenters. The fourth-order valence-electron chi connectivity index (χ4n) is 3.68. The second-order valence-corrected chi connectivity index (χ2v) is 7.97. The van der Waals surface area contributed by atoms with Gasteiger partial charge in [-0.2, -0.15) is 0 Å². The molecule has 0 fully saturated rings. The Labute approximate surface area is 193 Å². The number of rotatable bonds is 11. The van der Waals surface area contributed by atoms with Crippen molar-refractivity contribution in [1.29, 1.82) is 0 Å². The van der Waals surface area contributed by atoms with Gasteiger partial charge in [-0.05, 0) is 57.8 Å². The van der Waals surface area contributed by atoms with Crippen molar-refractivity contribution in [3.63, 3.8) is 0 Å². The van der Waals surface area contributed by atoms with Crippen LogP contribution in [0.2, 0.25) is 0 Å². The van der Waals surface area contributed by atoms with Gasteiger partial charge in [0.1, 0.15) is 30.1 Å². The average Bonchev–Trinajstić information content (AvgIpc) is 3.07. The molecule has 1 heterocycles. The molecule has 0 bridgehead atoms. The number of aldehydes is 1. The van der Waals surface area contributed by atoms with E-state index in [4.69, 9.17) is 9.47 Å². The van der Waals surface area contributed by atoms with Crippen LogP contribution in [0.1, 0.15) is 35.7 Å². The smallest absolute Gasteiger partial charge is 0.263 e. The second-order valence-electron chi connectivity index (χ2n) is 7.97. The zero-order valence-corrected chi connectivity index (χ0v) is 19.2. The van der Waals surface area contributed by atoms with Crippen molar-refractivity contribution in [3.05, 3.63) is 65.9 Å². The number of nitrogens with zero attached hydrogens (tertiary/aromatic N) is 2. The van der Waals surface area contributed by atoms with Gasteiger partial charge in [0.05, 0.1) is 17.3 Å². The summed E-state index contributed by atoms with van der Waals surface area (Å²) in [6.45, 7) is 6.50. The van der Waals surface area contributed by atoms with E-state index in [1.165, 1.54) is 11.8 Å². The maximum absolute atomic E-state index is 13.4. The lowest BCUT2D eigenvalue weighted by molar-refractivity contribution is -0.120. The Kier molecular flexibility index (Phi) is 7.83. The van der Waals surface area contributed by atoms with E-state index in [0.29, 0.717) is 34.9 Å². The van der Waals surface area contributed by atoms with E-state index in [2.05, 4.69) is 12.3 Å². The van der Waals surface area contributed by atoms with Crippen molar-refractivity contribution in [2.75, 3.05) is 27.2 Å². The maximum Gasteiger partial charge on any atom is 0.263 e. The summed E-state index contributed by atoms with van der Waals surface area (Å²) in [6.07, 6.45) is 1.14. The standard InChI is InChI=1S/C26H28N2O5/c1-5-22-21-8-6-10-24(25(21)26(31)28(22)23(18(2)30)9-7-16-29)33-20-13-11-19(12-14-20)32-17-15-27(3)4/h6,8,10-14,16,23H,1,7,9,15,17H2,2-4H3. The molecule has 0 saturated heterocycles. The molecule has 2 aromatic rings. The summed E-state index contributed by atoms with van der Waals surface area (Å²) >= 11 is 0. The van der Waals surface area contributed by atoms with Crippen molar-refractivity contribution in [2.45, 2.75) is 25.8 Å². The number of benzene rings is 2. The Morgan fingerprint density at radius 1 is 1.18 bits per heavy atom. The topological polar surface area (TPSA) is 76.2 Å². The van der Waals surface area contributed by atoms with E-state index in [1.54, 1.807) is 30.3 Å². The van der Waals surface area contributed by atoms with Crippen molar-refractivity contribution >= 4 is 23.7 Å². The van der Waals surface area contributed by atoms with Crippen molar-refractivity contribution < 1.29 is 23.9 Å². The molecule has 0 aromatic heterocycles. The molecule has 3 rings (SSSR count). The number of hydrogen-bond donors (Lipinski definition) is 0. The zero-order chi connectivity index (χ0) is 24.0. The molecule has 2 aromatic carbocycles. The second kappa shape index (κ2) is 10.8. The first kappa shape index (κ1) is 24.0. The molecule has 7 heteroatoms. The third kappa shape index (κ3) is 5.40. The summed E-state index contributed by atoms with van der Waals surface area (Å²) in [4.78, 5) is 40.0. The SMILES string of the molecule is C=C=C1c2cccc(Oc3ccc(OCCN(C)C)cc3)c2C(=O)N1C(CCC=O)C(C)=O. The number of amides is 1. The van der Waals surface area contributed by atoms with E-state index in [9.17, 15) is 14.4 Å². The largest absolute Gasteiger partial charge is 0.492 e. The predicted octanol–water partition coefficient (Wildman–Crippen LogP) is 3.94. The first-order chi connectivity index (χ1) is 15.9. The molecule has 0 N–H and O–H groups in total. The van der Waals surface area contributed by atoms with Gasteiger partial charge in [-0.15, -0.1) is 5.73 Å². The van der Waals surface area contributed by atoms with Crippen molar-refractivity contribution in [2.24, 2.45) is 0 Å². The Morgan fingerprint density at radius 3 is 2.48 bits per heavy atom. The molecule has 0 aliphatic carbocycles. The summed E-state index contributed by atoms with van der Waals surface area (Å²) in [5, 5.41) is 0. The molecule has 0 saturated carbocycles. The van der Waals surface area contributed by atoms with Crippen molar-refractivity contribution in [1.82, 2.24) is 9.80 Å². The lowest BCUT2D eigenvalue weighted by Gasteiger charge is -2.25. The number of ketones is 1. The van der Waals surface area contributed by atoms with Gasteiger partial charge < -0.3 is 19.2 Å². The molecular formula is C26H28N2O5. The normalized spacial score (nSPS) is 13.5. The van der Waals surface area contributed by atoms with Gasteiger partial charge in [-0.25, -0.2) is 0 Å². The van der Waals surface area contributed by atoms with Gasteiger partial charge >= 0.3 is 0 Å². The molecule has 1 amide bonds. The van der Waals surface area contributed by atoms with Gasteiger partial charge in [0.15, 0.2) is 5.78 Å². The molecular weight excluding hydrogens is 420 g/mol. The number of hydrogen-bond acceptors (Lipinski definition) is 6. The number of fused-ring (bicyclic) bond motifs is 1. The fourth-order valence-corrected chi connectivity index (χ4v) is 3.68. The van der Waals surface area contributed by atoms with Crippen LogP contribution in [0.3, 0.4) is 0 Å². The van der Waals surface area contributed by atoms with Gasteiger partial charge in [0, 0.05) is 18.5 Å². The average molecular weight is 449 g/mol. The highest BCUT2D eigenvalue weighted by atomic mass is 16.5. The van der Waals surface area contributed by atoms with Crippen LogP contribution in [-0.4, -0.2) is 61.1 Å². The number of carbonyl (C=O) groups is 3. The minimum absolute atomic E-state index is 0.168. The van der Waals surface area contributed by atoms with Crippen LogP contribution in [0, 0.1) is 0 Å². The van der Waals surface area contributed by atoms with Crippen LogP contribution >= 0.6 is 0 Å². The van der Waals surface area contributed by atoms with Crippen molar-refractivity contribution in [3.8, 4) is 17.2 Å². The lowest BCUT2D eigenvalue weighted by Crippen LogP contribution is -2.39. The Balaban J connectivity index is 1.86. The molecule has 7 nitrogen and oxygen atoms in total. The van der Waals surface area contributed by atoms with Gasteiger partial charge in [0.2, 0.25) is 0 Å². The highest BCUT2D eigenvalue weighted by molar-refractivity contribution is 6.13. The molecule has 1 atom stereocenters. The summed E-state index contributed by atoms with van der Waals surface area (Å²) in [5.41, 5.74) is 4.14. The van der Waals surface area contributed by atoms with E-state index in [1.807, 2.05) is 31.1 Å². The van der Waals surface area contributed by atoms with Gasteiger partial charge in [-0.1, -0.05) is 18.7 Å². The van der Waals surface area contributed by atoms with E-state index in [-0.39, 0.29) is 24.5 Å². The highest BCUT2D eigenvalue weighted by Crippen LogP contribution is 2.41. The molecule has 1 aliphatic rings. The van der Waals surface area contributed by atoms with Crippen LogP contribution in [0.5, 0.6) is 17.2 Å². The molecule has 1 aliphatic heterocycles. The number of carbonyl (C=O) groups excluding carboxylic acids is 3. The van der Waals surface area contributed by atoms with Gasteiger partial charge in [-0.3, -0.25) is 14.5 Å². The summed E-state index contributed by atoms with van der Waals surface area (Å²) < 4.78 is 11.7. The summed E-state index contributed by atoms with van der Waals surface area (Å²) in [7, 11) is 3.96. The van der Waals surface area contributed by atoms with Gasteiger partial charge in [0.25, 0.3) is 5.91 Å². The van der Waals surface area contributed by atoms with Crippen LogP contribution in [-0.2, 0) is 9.59 Å². The quantitative estimate of drug-likeness (QED) is 0.383. The Morgan fingerprint density at radius 2 is 1.88 bits per heavy atom. The third-order valence-corrected chi connectivity index (χ3v) is 5.32. The Hall–Kier alpha value is -3.67. The monoisotopic (exact) mass is 448 g/mol. The van der Waals surface area contributed by atoms with E-state index < -0.39 is 6.04 Å². The number of ether oxygens (including phenoxy) is 2. The summed E-state index contributed by atoms with van der Waals surface area (Å²) in [5.74, 6) is 1.05. The number of likely N-dealkylation sites (N-methyl/N-ethyl adjacent to an activating group) is 1. The number of Topliss-reactive ketones (excluding diaryl/α,β-unsaturated/α-hetero) is 1.